The van der Waals surface area contributed by atoms with Gasteiger partial charge in [0.05, 0.1) is 10.7 Å². The number of halogens is 1. The average molecular weight is 354 g/mol. The summed E-state index contributed by atoms with van der Waals surface area (Å²) in [5.74, 6) is -0.743. The van der Waals surface area contributed by atoms with Crippen LogP contribution in [0.1, 0.15) is 5.56 Å². The van der Waals surface area contributed by atoms with E-state index in [1.165, 1.54) is 30.0 Å². The molecule has 8 heteroatoms. The highest BCUT2D eigenvalue weighted by atomic mass is 32.2. The van der Waals surface area contributed by atoms with Gasteiger partial charge in [-0.1, -0.05) is 18.2 Å². The topological polar surface area (TPSA) is 66.5 Å². The largest absolute Gasteiger partial charge is 0.354 e. The lowest BCUT2D eigenvalue weighted by Crippen LogP contribution is -2.37. The molecule has 1 fully saturated rings. The first-order chi connectivity index (χ1) is 11.0. The molecule has 23 heavy (non-hydrogen) atoms. The number of amides is 3. The van der Waals surface area contributed by atoms with E-state index in [0.717, 1.165) is 16.7 Å². The van der Waals surface area contributed by atoms with Crippen LogP contribution in [0.4, 0.5) is 9.18 Å². The number of hydrogen-bond acceptors (Lipinski definition) is 5. The number of imide groups is 1. The third kappa shape index (κ3) is 4.59. The molecule has 0 atom stereocenters. The summed E-state index contributed by atoms with van der Waals surface area (Å²) in [6, 6.07) is 6.03. The van der Waals surface area contributed by atoms with E-state index in [4.69, 9.17) is 0 Å². The van der Waals surface area contributed by atoms with E-state index in [-0.39, 0.29) is 29.5 Å². The first-order valence-corrected chi connectivity index (χ1v) is 8.99. The Hall–Kier alpha value is -1.80. The maximum atomic E-state index is 13.6. The number of rotatable bonds is 6. The smallest absolute Gasteiger partial charge is 0.293 e. The van der Waals surface area contributed by atoms with E-state index in [1.807, 2.05) is 6.26 Å². The van der Waals surface area contributed by atoms with Crippen molar-refractivity contribution in [3.63, 3.8) is 0 Å². The van der Waals surface area contributed by atoms with Crippen molar-refractivity contribution in [2.75, 3.05) is 25.1 Å². The molecule has 3 amide bonds. The van der Waals surface area contributed by atoms with E-state index in [9.17, 15) is 18.8 Å². The van der Waals surface area contributed by atoms with Crippen LogP contribution in [0, 0.1) is 5.82 Å². The molecule has 1 aliphatic heterocycles. The van der Waals surface area contributed by atoms with E-state index in [2.05, 4.69) is 5.32 Å². The molecule has 1 saturated heterocycles. The molecule has 0 saturated carbocycles. The third-order valence-electron chi connectivity index (χ3n) is 3.00. The number of carbonyl (C=O) groups excluding carboxylic acids is 3. The second-order valence-corrected chi connectivity index (χ2v) is 6.50. The maximum Gasteiger partial charge on any atom is 0.293 e. The number of carbonyl (C=O) groups is 3. The highest BCUT2D eigenvalue weighted by Gasteiger charge is 2.34. The number of nitrogens with zero attached hydrogens (tertiary/aromatic N) is 1. The summed E-state index contributed by atoms with van der Waals surface area (Å²) >= 11 is 2.16. The van der Waals surface area contributed by atoms with Crippen molar-refractivity contribution in [1.29, 1.82) is 0 Å². The fourth-order valence-electron chi connectivity index (χ4n) is 1.92. The van der Waals surface area contributed by atoms with Crippen molar-refractivity contribution < 1.29 is 18.8 Å². The molecule has 1 aromatic carbocycles. The van der Waals surface area contributed by atoms with Crippen LogP contribution in [-0.4, -0.2) is 47.1 Å². The maximum absolute atomic E-state index is 13.6. The molecular formula is C15H15FN2O3S2. The molecule has 122 valence electrons. The zero-order valence-corrected chi connectivity index (χ0v) is 14.0. The zero-order chi connectivity index (χ0) is 16.8. The van der Waals surface area contributed by atoms with Crippen LogP contribution in [0.3, 0.4) is 0 Å². The standard InChI is InChI=1S/C15H15FN2O3S2/c1-22-9-13(19)17-6-7-18-14(20)12(23-15(18)21)8-10-4-2-3-5-11(10)16/h2-5,8H,6-7,9H2,1H3,(H,17,19). The van der Waals surface area contributed by atoms with E-state index in [1.54, 1.807) is 12.1 Å². The number of hydrogen-bond donors (Lipinski definition) is 1. The molecule has 0 radical (unpaired) electrons. The van der Waals surface area contributed by atoms with Crippen molar-refractivity contribution in [2.24, 2.45) is 0 Å². The minimum Gasteiger partial charge on any atom is -0.354 e. The molecule has 1 aliphatic rings. The quantitative estimate of drug-likeness (QED) is 0.795. The van der Waals surface area contributed by atoms with Gasteiger partial charge >= 0.3 is 0 Å². The molecular weight excluding hydrogens is 339 g/mol. The summed E-state index contributed by atoms with van der Waals surface area (Å²) in [5, 5.41) is 2.21. The van der Waals surface area contributed by atoms with E-state index in [0.29, 0.717) is 5.75 Å². The van der Waals surface area contributed by atoms with Crippen molar-refractivity contribution in [3.8, 4) is 0 Å². The first kappa shape index (κ1) is 17.6. The Morgan fingerprint density at radius 2 is 2.13 bits per heavy atom. The predicted octanol–water partition coefficient (Wildman–Crippen LogP) is 2.34. The molecule has 0 aromatic heterocycles. The Labute approximate surface area is 141 Å². The van der Waals surface area contributed by atoms with Crippen LogP contribution in [0.15, 0.2) is 29.2 Å². The van der Waals surface area contributed by atoms with Crippen LogP contribution in [-0.2, 0) is 9.59 Å². The lowest BCUT2D eigenvalue weighted by molar-refractivity contribution is -0.123. The number of nitrogens with one attached hydrogen (secondary N) is 1. The Kier molecular flexibility index (Phi) is 6.23. The van der Waals surface area contributed by atoms with Gasteiger partial charge in [-0.05, 0) is 30.2 Å². The summed E-state index contributed by atoms with van der Waals surface area (Å²) < 4.78 is 13.6. The highest BCUT2D eigenvalue weighted by Crippen LogP contribution is 2.32. The Balaban J connectivity index is 2.00. The van der Waals surface area contributed by atoms with Crippen LogP contribution in [0.25, 0.3) is 6.08 Å². The molecule has 1 heterocycles. The summed E-state index contributed by atoms with van der Waals surface area (Å²) in [4.78, 5) is 36.7. The van der Waals surface area contributed by atoms with Gasteiger partial charge in [0.1, 0.15) is 5.82 Å². The van der Waals surface area contributed by atoms with Crippen molar-refractivity contribution >= 4 is 46.7 Å². The van der Waals surface area contributed by atoms with Crippen molar-refractivity contribution in [1.82, 2.24) is 10.2 Å². The monoisotopic (exact) mass is 354 g/mol. The second-order valence-electron chi connectivity index (χ2n) is 4.64. The lowest BCUT2D eigenvalue weighted by atomic mass is 10.2. The normalized spacial score (nSPS) is 16.3. The molecule has 0 unspecified atom stereocenters. The predicted molar refractivity (Wildman–Crippen MR) is 90.5 cm³/mol. The van der Waals surface area contributed by atoms with Crippen LogP contribution < -0.4 is 5.32 Å². The Bertz CT molecular complexity index is 664. The fourth-order valence-corrected chi connectivity index (χ4v) is 3.14. The molecule has 2 rings (SSSR count). The highest BCUT2D eigenvalue weighted by molar-refractivity contribution is 8.18. The van der Waals surface area contributed by atoms with Crippen LogP contribution in [0.5, 0.6) is 0 Å². The molecule has 5 nitrogen and oxygen atoms in total. The zero-order valence-electron chi connectivity index (χ0n) is 12.4. The Morgan fingerprint density at radius 3 is 2.83 bits per heavy atom. The van der Waals surface area contributed by atoms with Gasteiger partial charge in [-0.15, -0.1) is 0 Å². The molecule has 1 aromatic rings. The van der Waals surface area contributed by atoms with Crippen LogP contribution in [0.2, 0.25) is 0 Å². The van der Waals surface area contributed by atoms with Gasteiger partial charge in [-0.25, -0.2) is 4.39 Å². The Morgan fingerprint density at radius 1 is 1.39 bits per heavy atom. The third-order valence-corrected chi connectivity index (χ3v) is 4.46. The summed E-state index contributed by atoms with van der Waals surface area (Å²) in [7, 11) is 0. The van der Waals surface area contributed by atoms with Crippen molar-refractivity contribution in [3.05, 3.63) is 40.6 Å². The van der Waals surface area contributed by atoms with Crippen molar-refractivity contribution in [2.45, 2.75) is 0 Å². The minimum absolute atomic E-state index is 0.0966. The summed E-state index contributed by atoms with van der Waals surface area (Å²) in [6.45, 7) is 0.295. The summed E-state index contributed by atoms with van der Waals surface area (Å²) in [6.07, 6.45) is 3.18. The molecule has 0 bridgehead atoms. The van der Waals surface area contributed by atoms with Gasteiger partial charge in [0.15, 0.2) is 0 Å². The van der Waals surface area contributed by atoms with E-state index < -0.39 is 17.0 Å². The molecule has 1 N–H and O–H groups in total. The lowest BCUT2D eigenvalue weighted by Gasteiger charge is -2.12. The first-order valence-electron chi connectivity index (χ1n) is 6.78. The molecule has 0 spiro atoms. The van der Waals surface area contributed by atoms with Gasteiger partial charge in [-0.3, -0.25) is 19.3 Å². The molecule has 0 aliphatic carbocycles. The average Bonchev–Trinajstić information content (AvgIpc) is 2.77. The number of benzene rings is 1. The van der Waals surface area contributed by atoms with Gasteiger partial charge in [-0.2, -0.15) is 11.8 Å². The van der Waals surface area contributed by atoms with E-state index >= 15 is 0 Å². The van der Waals surface area contributed by atoms with Gasteiger partial charge in [0.25, 0.3) is 11.1 Å². The minimum atomic E-state index is -0.470. The number of thioether (sulfide) groups is 2. The van der Waals surface area contributed by atoms with Gasteiger partial charge < -0.3 is 5.32 Å². The summed E-state index contributed by atoms with van der Waals surface area (Å²) in [5.41, 5.74) is 0.256. The fraction of sp³-hybridized carbons (Fsp3) is 0.267. The van der Waals surface area contributed by atoms with Gasteiger partial charge in [0.2, 0.25) is 5.91 Å². The van der Waals surface area contributed by atoms with Crippen LogP contribution >= 0.6 is 23.5 Å². The second kappa shape index (κ2) is 8.16. The SMILES string of the molecule is CSCC(=O)NCCN1C(=O)SC(=Cc2ccccc2F)C1=O. The van der Waals surface area contributed by atoms with Gasteiger partial charge in [0, 0.05) is 18.7 Å².